The summed E-state index contributed by atoms with van der Waals surface area (Å²) in [4.78, 5) is 21.1. The third-order valence-corrected chi connectivity index (χ3v) is 2.41. The second kappa shape index (κ2) is 7.51. The molecule has 0 aliphatic carbocycles. The van der Waals surface area contributed by atoms with E-state index in [0.29, 0.717) is 0 Å². The third kappa shape index (κ3) is 4.25. The number of nitro benzene ring substituents is 1. The molecule has 1 rings (SSSR count). The number of nitrogens with two attached hydrogens (primary N) is 1. The number of hydrogen-bond donors (Lipinski definition) is 3. The largest absolute Gasteiger partial charge is 0.504 e. The summed E-state index contributed by atoms with van der Waals surface area (Å²) in [5.74, 6) is -2.05. The Balaban J connectivity index is 0.00000361. The third-order valence-electron chi connectivity index (χ3n) is 2.41. The number of nitrogens with zero attached hydrogens (tertiary/aromatic N) is 1. The van der Waals surface area contributed by atoms with Gasteiger partial charge in [-0.25, -0.2) is 0 Å². The molecule has 1 aromatic carbocycles. The van der Waals surface area contributed by atoms with Crippen LogP contribution in [-0.4, -0.2) is 27.7 Å². The maximum atomic E-state index is 11.2. The molecule has 0 spiro atoms. The van der Waals surface area contributed by atoms with E-state index in [4.69, 9.17) is 10.5 Å². The van der Waals surface area contributed by atoms with Crippen LogP contribution in [0.15, 0.2) is 12.1 Å². The van der Waals surface area contributed by atoms with Crippen LogP contribution in [0.2, 0.25) is 0 Å². The Morgan fingerprint density at radius 3 is 2.60 bits per heavy atom. The number of esters is 1. The molecule has 4 N–H and O–H groups in total. The van der Waals surface area contributed by atoms with Crippen molar-refractivity contribution in [3.8, 4) is 11.5 Å². The Morgan fingerprint density at radius 1 is 1.50 bits per heavy atom. The van der Waals surface area contributed by atoms with Crippen molar-refractivity contribution in [1.29, 1.82) is 0 Å². The number of carbonyl (C=O) groups excluding carboxylic acids is 1. The number of ether oxygens (including phenoxy) is 1. The molecule has 0 saturated carbocycles. The normalized spacial score (nSPS) is 11.3. The molecule has 0 aliphatic rings. The molecule has 20 heavy (non-hydrogen) atoms. The zero-order valence-corrected chi connectivity index (χ0v) is 11.4. The van der Waals surface area contributed by atoms with E-state index < -0.39 is 34.1 Å². The second-order valence-corrected chi connectivity index (χ2v) is 3.78. The van der Waals surface area contributed by atoms with Gasteiger partial charge in [-0.3, -0.25) is 14.9 Å². The number of rotatable bonds is 5. The maximum absolute atomic E-state index is 11.2. The molecular weight excluding hydrogens is 292 g/mol. The lowest BCUT2D eigenvalue weighted by atomic mass is 10.0. The number of aromatic hydroxyl groups is 2. The van der Waals surface area contributed by atoms with E-state index >= 15 is 0 Å². The average Bonchev–Trinajstić information content (AvgIpc) is 2.32. The lowest BCUT2D eigenvalue weighted by molar-refractivity contribution is -0.386. The van der Waals surface area contributed by atoms with Crippen molar-refractivity contribution in [1.82, 2.24) is 0 Å². The summed E-state index contributed by atoms with van der Waals surface area (Å²) in [5.41, 5.74) is 5.19. The van der Waals surface area contributed by atoms with Crippen LogP contribution in [0.25, 0.3) is 0 Å². The number of hydrogen-bond acceptors (Lipinski definition) is 7. The Hall–Kier alpha value is -2.06. The van der Waals surface area contributed by atoms with Gasteiger partial charge in [0.15, 0.2) is 5.75 Å². The van der Waals surface area contributed by atoms with Crippen LogP contribution in [0.3, 0.4) is 0 Å². The topological polar surface area (TPSA) is 136 Å². The van der Waals surface area contributed by atoms with Crippen LogP contribution in [-0.2, 0) is 9.53 Å². The van der Waals surface area contributed by atoms with Crippen molar-refractivity contribution >= 4 is 24.1 Å². The van der Waals surface area contributed by atoms with Crippen molar-refractivity contribution in [3.05, 3.63) is 27.8 Å². The van der Waals surface area contributed by atoms with Gasteiger partial charge in [0.1, 0.15) is 0 Å². The molecule has 0 fully saturated rings. The number of nitro groups is 1. The lowest BCUT2D eigenvalue weighted by Crippen LogP contribution is -2.17. The summed E-state index contributed by atoms with van der Waals surface area (Å²) in [7, 11) is 0. The van der Waals surface area contributed by atoms with Crippen LogP contribution in [0, 0.1) is 10.1 Å². The van der Waals surface area contributed by atoms with Gasteiger partial charge in [0.05, 0.1) is 18.0 Å². The number of carbonyl (C=O) groups is 1. The van der Waals surface area contributed by atoms with Crippen molar-refractivity contribution in [2.75, 3.05) is 6.61 Å². The van der Waals surface area contributed by atoms with Crippen molar-refractivity contribution in [2.45, 2.75) is 19.4 Å². The summed E-state index contributed by atoms with van der Waals surface area (Å²) in [6, 6.07) is 1.22. The zero-order valence-electron chi connectivity index (χ0n) is 10.6. The van der Waals surface area contributed by atoms with Crippen LogP contribution in [0.1, 0.15) is 24.9 Å². The molecule has 0 unspecified atom stereocenters. The highest BCUT2D eigenvalue weighted by atomic mass is 35.5. The molecule has 0 bridgehead atoms. The van der Waals surface area contributed by atoms with Crippen LogP contribution in [0.4, 0.5) is 5.69 Å². The summed E-state index contributed by atoms with van der Waals surface area (Å²) < 4.78 is 4.70. The molecule has 1 atom stereocenters. The van der Waals surface area contributed by atoms with Gasteiger partial charge < -0.3 is 20.7 Å². The Morgan fingerprint density at radius 2 is 2.10 bits per heavy atom. The van der Waals surface area contributed by atoms with Crippen molar-refractivity contribution in [3.63, 3.8) is 0 Å². The molecule has 8 nitrogen and oxygen atoms in total. The quantitative estimate of drug-likeness (QED) is 0.323. The minimum Gasteiger partial charge on any atom is -0.504 e. The standard InChI is InChI=1S/C11H14N2O6.ClH/c1-2-19-10(15)5-7(12)6-3-8(13(17)18)11(16)9(14)4-6;/h3-4,7,14,16H,2,5,12H2,1H3;1H/t7-;/m0./s1. The first-order valence-corrected chi connectivity index (χ1v) is 5.48. The average molecular weight is 307 g/mol. The fraction of sp³-hybridized carbons (Fsp3) is 0.364. The fourth-order valence-corrected chi connectivity index (χ4v) is 1.50. The van der Waals surface area contributed by atoms with E-state index in [1.165, 1.54) is 0 Å². The summed E-state index contributed by atoms with van der Waals surface area (Å²) >= 11 is 0. The van der Waals surface area contributed by atoms with E-state index in [1.54, 1.807) is 6.92 Å². The number of phenols is 2. The molecule has 0 aliphatic heterocycles. The second-order valence-electron chi connectivity index (χ2n) is 3.78. The van der Waals surface area contributed by atoms with E-state index in [-0.39, 0.29) is 31.0 Å². The molecule has 0 radical (unpaired) electrons. The monoisotopic (exact) mass is 306 g/mol. The Bertz CT molecular complexity index is 508. The van der Waals surface area contributed by atoms with E-state index in [2.05, 4.69) is 0 Å². The molecule has 112 valence electrons. The number of phenolic OH excluding ortho intramolecular Hbond substituents is 2. The Labute approximate surface area is 120 Å². The Kier molecular flexibility index (Phi) is 6.74. The van der Waals surface area contributed by atoms with Gasteiger partial charge in [-0.05, 0) is 18.6 Å². The fourth-order valence-electron chi connectivity index (χ4n) is 1.50. The predicted molar refractivity (Wildman–Crippen MR) is 71.9 cm³/mol. The first-order chi connectivity index (χ1) is 8.86. The number of benzene rings is 1. The minimum atomic E-state index is -0.871. The highest BCUT2D eigenvalue weighted by Gasteiger charge is 2.22. The van der Waals surface area contributed by atoms with Gasteiger partial charge in [0, 0.05) is 12.1 Å². The molecular formula is C11H15ClN2O6. The van der Waals surface area contributed by atoms with Gasteiger partial charge in [-0.1, -0.05) is 0 Å². The molecule has 0 heterocycles. The molecule has 1 aromatic rings. The maximum Gasteiger partial charge on any atom is 0.314 e. The summed E-state index contributed by atoms with van der Waals surface area (Å²) in [6.07, 6.45) is -0.185. The van der Waals surface area contributed by atoms with Crippen molar-refractivity contribution < 1.29 is 24.7 Å². The van der Waals surface area contributed by atoms with Gasteiger partial charge >= 0.3 is 11.7 Å². The SMILES string of the molecule is CCOC(=O)C[C@H](N)c1cc(O)c(O)c([N+](=O)[O-])c1.Cl. The van der Waals surface area contributed by atoms with Gasteiger partial charge in [-0.2, -0.15) is 0 Å². The van der Waals surface area contributed by atoms with Gasteiger partial charge in [0.2, 0.25) is 5.75 Å². The first-order valence-electron chi connectivity index (χ1n) is 5.48. The highest BCUT2D eigenvalue weighted by Crippen LogP contribution is 2.37. The molecule has 0 aromatic heterocycles. The number of halogens is 1. The van der Waals surface area contributed by atoms with Gasteiger partial charge in [-0.15, -0.1) is 12.4 Å². The first kappa shape index (κ1) is 17.9. The van der Waals surface area contributed by atoms with E-state index in [1.807, 2.05) is 0 Å². The predicted octanol–water partition coefficient (Wildman–Crippen LogP) is 1.38. The van der Waals surface area contributed by atoms with Crippen LogP contribution < -0.4 is 5.73 Å². The molecule has 0 saturated heterocycles. The molecule has 0 amide bonds. The summed E-state index contributed by atoms with van der Waals surface area (Å²) in [6.45, 7) is 1.84. The van der Waals surface area contributed by atoms with E-state index in [9.17, 15) is 25.1 Å². The zero-order chi connectivity index (χ0) is 14.6. The summed E-state index contributed by atoms with van der Waals surface area (Å²) in [5, 5.41) is 29.4. The van der Waals surface area contributed by atoms with Crippen molar-refractivity contribution in [2.24, 2.45) is 5.73 Å². The van der Waals surface area contributed by atoms with E-state index in [0.717, 1.165) is 12.1 Å². The smallest absolute Gasteiger partial charge is 0.314 e. The lowest BCUT2D eigenvalue weighted by Gasteiger charge is -2.12. The minimum absolute atomic E-state index is 0. The van der Waals surface area contributed by atoms with Gasteiger partial charge in [0.25, 0.3) is 0 Å². The highest BCUT2D eigenvalue weighted by molar-refractivity contribution is 5.85. The van der Waals surface area contributed by atoms with Crippen LogP contribution >= 0.6 is 12.4 Å². The molecule has 9 heteroatoms. The van der Waals surface area contributed by atoms with Crippen LogP contribution in [0.5, 0.6) is 11.5 Å².